The van der Waals surface area contributed by atoms with E-state index in [-0.39, 0.29) is 0 Å². The van der Waals surface area contributed by atoms with E-state index in [2.05, 4.69) is 103 Å². The Balaban J connectivity index is 1.16. The average Bonchev–Trinajstić information content (AvgIpc) is 3.58. The highest BCUT2D eigenvalue weighted by Crippen LogP contribution is 2.38. The van der Waals surface area contributed by atoms with E-state index in [0.29, 0.717) is 12.0 Å². The first-order valence-electron chi connectivity index (χ1n) is 13.4. The molecule has 0 bridgehead atoms. The minimum absolute atomic E-state index is 0.504. The van der Waals surface area contributed by atoms with E-state index in [4.69, 9.17) is 0 Å². The molecule has 2 atom stereocenters. The van der Waals surface area contributed by atoms with Crippen LogP contribution in [0.1, 0.15) is 37.3 Å². The first kappa shape index (κ1) is 24.3. The summed E-state index contributed by atoms with van der Waals surface area (Å²) < 4.78 is 2.38. The van der Waals surface area contributed by atoms with Gasteiger partial charge in [0.25, 0.3) is 0 Å². The summed E-state index contributed by atoms with van der Waals surface area (Å²) in [6.07, 6.45) is 9.75. The Hall–Kier alpha value is -3.38. The predicted octanol–water partition coefficient (Wildman–Crippen LogP) is 5.54. The summed E-state index contributed by atoms with van der Waals surface area (Å²) in [5.41, 5.74) is 3.78. The fourth-order valence-corrected chi connectivity index (χ4v) is 5.61. The average molecular weight is 483 g/mol. The van der Waals surface area contributed by atoms with Crippen molar-refractivity contribution in [1.29, 1.82) is 0 Å². The van der Waals surface area contributed by atoms with Gasteiger partial charge in [-0.2, -0.15) is 0 Å². The monoisotopic (exact) mass is 482 g/mol. The van der Waals surface area contributed by atoms with Crippen molar-refractivity contribution in [2.75, 3.05) is 43.4 Å². The molecule has 0 saturated heterocycles. The summed E-state index contributed by atoms with van der Waals surface area (Å²) in [6.45, 7) is 4.27. The van der Waals surface area contributed by atoms with Gasteiger partial charge in [0.1, 0.15) is 17.8 Å². The fourth-order valence-electron chi connectivity index (χ4n) is 5.61. The van der Waals surface area contributed by atoms with Crippen molar-refractivity contribution in [3.8, 4) is 0 Å². The molecule has 2 aromatic carbocycles. The summed E-state index contributed by atoms with van der Waals surface area (Å²) >= 11 is 0. The predicted molar refractivity (Wildman–Crippen MR) is 150 cm³/mol. The molecule has 1 aliphatic rings. The zero-order valence-electron chi connectivity index (χ0n) is 21.3. The van der Waals surface area contributed by atoms with E-state index in [0.717, 1.165) is 55.9 Å². The largest absolute Gasteiger partial charge is 0.372 e. The lowest BCUT2D eigenvalue weighted by Crippen LogP contribution is -2.32. The Kier molecular flexibility index (Phi) is 8.13. The van der Waals surface area contributed by atoms with Crippen LogP contribution in [0, 0.1) is 5.92 Å². The molecule has 2 unspecified atom stereocenters. The number of rotatable bonds is 12. The Bertz CT molecular complexity index is 1210. The second-order valence-corrected chi connectivity index (χ2v) is 9.89. The van der Waals surface area contributed by atoms with Gasteiger partial charge in [-0.15, -0.1) is 0 Å². The summed E-state index contributed by atoms with van der Waals surface area (Å²) in [6, 6.07) is 24.3. The Morgan fingerprint density at radius 1 is 0.944 bits per heavy atom. The molecule has 5 rings (SSSR count). The quantitative estimate of drug-likeness (QED) is 0.260. The summed E-state index contributed by atoms with van der Waals surface area (Å²) in [7, 11) is 1.92. The van der Waals surface area contributed by atoms with Gasteiger partial charge in [-0.1, -0.05) is 48.5 Å². The van der Waals surface area contributed by atoms with Crippen molar-refractivity contribution >= 4 is 22.5 Å². The highest BCUT2D eigenvalue weighted by Gasteiger charge is 2.28. The first-order valence-corrected chi connectivity index (χ1v) is 13.4. The molecule has 0 spiro atoms. The topological polar surface area (TPSA) is 58.0 Å². The Morgan fingerprint density at radius 3 is 2.56 bits per heavy atom. The number of fused-ring (bicyclic) bond motifs is 1. The standard InChI is InChI=1S/C30H38N6/c1-31-29-28-16-20-36(30(28)34-23-33-29)27-14-13-25(21-27)22-35(26-11-6-3-7-12-26)19-8-17-32-18-15-24-9-4-2-5-10-24/h2-7,9-12,16,20,23,25,27,32H,8,13-15,17-19,21-22H2,1H3,(H,31,33,34). The van der Waals surface area contributed by atoms with Crippen molar-refractivity contribution in [3.05, 3.63) is 84.8 Å². The van der Waals surface area contributed by atoms with Gasteiger partial charge in [0.2, 0.25) is 0 Å². The summed E-state index contributed by atoms with van der Waals surface area (Å²) in [5.74, 6) is 1.59. The first-order chi connectivity index (χ1) is 17.8. The molecule has 1 aliphatic carbocycles. The number of nitrogens with zero attached hydrogens (tertiary/aromatic N) is 4. The molecule has 6 nitrogen and oxygen atoms in total. The van der Waals surface area contributed by atoms with Crippen LogP contribution in [0.5, 0.6) is 0 Å². The Morgan fingerprint density at radius 2 is 1.75 bits per heavy atom. The Labute approximate surface area is 214 Å². The van der Waals surface area contributed by atoms with E-state index in [1.165, 1.54) is 30.5 Å². The van der Waals surface area contributed by atoms with E-state index >= 15 is 0 Å². The zero-order valence-corrected chi connectivity index (χ0v) is 21.3. The number of hydrogen-bond acceptors (Lipinski definition) is 5. The molecule has 0 amide bonds. The lowest BCUT2D eigenvalue weighted by atomic mass is 10.1. The number of para-hydroxylation sites is 1. The number of anilines is 2. The molecule has 1 saturated carbocycles. The highest BCUT2D eigenvalue weighted by atomic mass is 15.1. The number of aromatic nitrogens is 3. The third-order valence-electron chi connectivity index (χ3n) is 7.47. The van der Waals surface area contributed by atoms with Crippen molar-refractivity contribution in [2.24, 2.45) is 5.92 Å². The van der Waals surface area contributed by atoms with Crippen LogP contribution in [0.4, 0.5) is 11.5 Å². The van der Waals surface area contributed by atoms with Crippen molar-refractivity contribution in [2.45, 2.75) is 38.1 Å². The van der Waals surface area contributed by atoms with Crippen LogP contribution in [0.2, 0.25) is 0 Å². The van der Waals surface area contributed by atoms with Crippen LogP contribution < -0.4 is 15.5 Å². The van der Waals surface area contributed by atoms with E-state index < -0.39 is 0 Å². The zero-order chi connectivity index (χ0) is 24.6. The third kappa shape index (κ3) is 5.88. The fraction of sp³-hybridized carbons (Fsp3) is 0.400. The van der Waals surface area contributed by atoms with Gasteiger partial charge in [-0.25, -0.2) is 9.97 Å². The lowest BCUT2D eigenvalue weighted by Gasteiger charge is -2.28. The maximum Gasteiger partial charge on any atom is 0.145 e. The van der Waals surface area contributed by atoms with E-state index in [9.17, 15) is 0 Å². The normalized spacial score (nSPS) is 17.5. The molecular weight excluding hydrogens is 444 g/mol. The molecular formula is C30H38N6. The van der Waals surface area contributed by atoms with E-state index in [1.807, 2.05) is 7.05 Å². The molecule has 2 aromatic heterocycles. The second kappa shape index (κ2) is 12.0. The van der Waals surface area contributed by atoms with Gasteiger partial charge < -0.3 is 20.1 Å². The SMILES string of the molecule is CNc1ncnc2c1ccn2C1CCC(CN(CCCNCCc2ccccc2)c2ccccc2)C1. The van der Waals surface area contributed by atoms with Crippen LogP contribution in [-0.2, 0) is 6.42 Å². The maximum absolute atomic E-state index is 4.61. The van der Waals surface area contributed by atoms with Crippen molar-refractivity contribution < 1.29 is 0 Å². The van der Waals surface area contributed by atoms with Gasteiger partial charge in [0.15, 0.2) is 0 Å². The molecule has 4 aromatic rings. The number of hydrogen-bond donors (Lipinski definition) is 2. The van der Waals surface area contributed by atoms with Crippen LogP contribution in [0.3, 0.4) is 0 Å². The van der Waals surface area contributed by atoms with Crippen LogP contribution in [0.15, 0.2) is 79.3 Å². The summed E-state index contributed by atoms with van der Waals surface area (Å²) in [4.78, 5) is 11.6. The molecule has 36 heavy (non-hydrogen) atoms. The smallest absolute Gasteiger partial charge is 0.145 e. The molecule has 2 N–H and O–H groups in total. The van der Waals surface area contributed by atoms with Gasteiger partial charge in [-0.05, 0) is 74.9 Å². The van der Waals surface area contributed by atoms with Gasteiger partial charge >= 0.3 is 0 Å². The summed E-state index contributed by atoms with van der Waals surface area (Å²) in [5, 5.41) is 7.94. The molecule has 2 heterocycles. The molecule has 0 radical (unpaired) electrons. The van der Waals surface area contributed by atoms with Crippen molar-refractivity contribution in [1.82, 2.24) is 19.9 Å². The molecule has 0 aliphatic heterocycles. The van der Waals surface area contributed by atoms with E-state index in [1.54, 1.807) is 6.33 Å². The molecule has 6 heteroatoms. The number of benzene rings is 2. The molecule has 1 fully saturated rings. The van der Waals surface area contributed by atoms with Crippen molar-refractivity contribution in [3.63, 3.8) is 0 Å². The third-order valence-corrected chi connectivity index (χ3v) is 7.47. The van der Waals surface area contributed by atoms with Gasteiger partial charge in [0, 0.05) is 38.1 Å². The lowest BCUT2D eigenvalue weighted by molar-refractivity contribution is 0.476. The number of nitrogens with one attached hydrogen (secondary N) is 2. The van der Waals surface area contributed by atoms with Gasteiger partial charge in [-0.3, -0.25) is 0 Å². The van der Waals surface area contributed by atoms with Crippen LogP contribution in [0.25, 0.3) is 11.0 Å². The minimum atomic E-state index is 0.504. The van der Waals surface area contributed by atoms with Gasteiger partial charge in [0.05, 0.1) is 5.39 Å². The van der Waals surface area contributed by atoms with Crippen LogP contribution >= 0.6 is 0 Å². The van der Waals surface area contributed by atoms with Crippen LogP contribution in [-0.4, -0.2) is 47.8 Å². The molecule has 188 valence electrons. The second-order valence-electron chi connectivity index (χ2n) is 9.89. The maximum atomic E-state index is 4.61. The minimum Gasteiger partial charge on any atom is -0.372 e. The highest BCUT2D eigenvalue weighted by molar-refractivity contribution is 5.87.